The Morgan fingerprint density at radius 3 is 2.46 bits per heavy atom. The highest BCUT2D eigenvalue weighted by atomic mass is 79.9. The second-order valence-corrected chi connectivity index (χ2v) is 11.3. The number of fused-ring (bicyclic) bond motifs is 1. The molecule has 0 spiro atoms. The Labute approximate surface area is 255 Å². The molecular formula is C28H26Br2N2O8S. The van der Waals surface area contributed by atoms with E-state index in [4.69, 9.17) is 24.1 Å². The number of allylic oxidation sites excluding steroid dienone is 1. The molecule has 0 radical (unpaired) electrons. The quantitative estimate of drug-likeness (QED) is 0.311. The normalized spacial score (nSPS) is 14.8. The van der Waals surface area contributed by atoms with Gasteiger partial charge >= 0.3 is 11.9 Å². The van der Waals surface area contributed by atoms with Crippen LogP contribution in [0.4, 0.5) is 0 Å². The van der Waals surface area contributed by atoms with E-state index < -0.39 is 24.6 Å². The van der Waals surface area contributed by atoms with Gasteiger partial charge in [0, 0.05) is 4.47 Å². The molecule has 0 unspecified atom stereocenters. The molecule has 0 saturated carbocycles. The number of carboxylic acid groups (broad SMARTS) is 1. The molecule has 2 aromatic carbocycles. The third kappa shape index (κ3) is 6.41. The zero-order chi connectivity index (χ0) is 29.8. The monoisotopic (exact) mass is 708 g/mol. The lowest BCUT2D eigenvalue weighted by Crippen LogP contribution is -2.40. The summed E-state index contributed by atoms with van der Waals surface area (Å²) in [7, 11) is 1.52. The van der Waals surface area contributed by atoms with Crippen molar-refractivity contribution in [3.05, 3.63) is 81.4 Å². The van der Waals surface area contributed by atoms with Gasteiger partial charge in [0.1, 0.15) is 5.75 Å². The molecule has 4 rings (SSSR count). The van der Waals surface area contributed by atoms with Gasteiger partial charge in [0.25, 0.3) is 5.56 Å². The fourth-order valence-electron chi connectivity index (χ4n) is 4.29. The van der Waals surface area contributed by atoms with Crippen LogP contribution in [0.15, 0.2) is 60.3 Å². The number of hydrogen-bond donors (Lipinski definition) is 1. The molecule has 2 heterocycles. The summed E-state index contributed by atoms with van der Waals surface area (Å²) in [5, 5.41) is 8.88. The van der Waals surface area contributed by atoms with Crippen molar-refractivity contribution >= 4 is 61.2 Å². The summed E-state index contributed by atoms with van der Waals surface area (Å²) in [6.45, 7) is 5.38. The van der Waals surface area contributed by atoms with Gasteiger partial charge in [-0.15, -0.1) is 0 Å². The van der Waals surface area contributed by atoms with E-state index in [0.717, 1.165) is 0 Å². The molecule has 0 aliphatic carbocycles. The Morgan fingerprint density at radius 1 is 1.07 bits per heavy atom. The van der Waals surface area contributed by atoms with Crippen LogP contribution >= 0.6 is 43.2 Å². The first-order valence-corrected chi connectivity index (χ1v) is 14.8. The fourth-order valence-corrected chi connectivity index (χ4v) is 6.39. The Bertz CT molecular complexity index is 1730. The van der Waals surface area contributed by atoms with Crippen molar-refractivity contribution in [1.82, 2.24) is 4.57 Å². The maximum absolute atomic E-state index is 13.9. The predicted octanol–water partition coefficient (Wildman–Crippen LogP) is 4.19. The minimum Gasteiger partial charge on any atom is -0.493 e. The van der Waals surface area contributed by atoms with Crippen molar-refractivity contribution in [1.29, 1.82) is 0 Å². The first-order valence-electron chi connectivity index (χ1n) is 12.4. The van der Waals surface area contributed by atoms with Crippen molar-refractivity contribution in [2.75, 3.05) is 26.9 Å². The number of hydrogen-bond acceptors (Lipinski definition) is 9. The Hall–Kier alpha value is -3.42. The average molecular weight is 710 g/mol. The first-order chi connectivity index (χ1) is 19.6. The van der Waals surface area contributed by atoms with Gasteiger partial charge in [-0.25, -0.2) is 14.6 Å². The highest BCUT2D eigenvalue weighted by Crippen LogP contribution is 2.41. The van der Waals surface area contributed by atoms with E-state index in [1.54, 1.807) is 50.3 Å². The Kier molecular flexibility index (Phi) is 9.72. The minimum atomic E-state index is -1.09. The zero-order valence-corrected chi connectivity index (χ0v) is 26.5. The number of methoxy groups -OCH3 is 1. The summed E-state index contributed by atoms with van der Waals surface area (Å²) in [6, 6.07) is 7.67. The van der Waals surface area contributed by atoms with Crippen LogP contribution in [-0.4, -0.2) is 48.5 Å². The summed E-state index contributed by atoms with van der Waals surface area (Å²) in [5.41, 5.74) is 1.59. The van der Waals surface area contributed by atoms with Gasteiger partial charge in [-0.1, -0.05) is 33.3 Å². The van der Waals surface area contributed by atoms with E-state index in [-0.39, 0.29) is 17.7 Å². The highest BCUT2D eigenvalue weighted by molar-refractivity contribution is 9.10. The third-order valence-electron chi connectivity index (χ3n) is 6.00. The zero-order valence-electron chi connectivity index (χ0n) is 22.5. The number of carboxylic acids is 1. The van der Waals surface area contributed by atoms with Gasteiger partial charge in [-0.05, 0) is 78.2 Å². The number of ether oxygens (including phenoxy) is 4. The fraction of sp³-hybridized carbons (Fsp3) is 0.286. The van der Waals surface area contributed by atoms with Gasteiger partial charge in [0.2, 0.25) is 0 Å². The van der Waals surface area contributed by atoms with Crippen LogP contribution in [0.3, 0.4) is 0 Å². The second-order valence-electron chi connectivity index (χ2n) is 8.63. The van der Waals surface area contributed by atoms with Crippen molar-refractivity contribution in [3.63, 3.8) is 0 Å². The van der Waals surface area contributed by atoms with Crippen LogP contribution in [0.5, 0.6) is 17.2 Å². The summed E-state index contributed by atoms with van der Waals surface area (Å²) < 4.78 is 24.9. The molecule has 0 amide bonds. The van der Waals surface area contributed by atoms with Crippen molar-refractivity contribution in [3.8, 4) is 17.2 Å². The maximum atomic E-state index is 13.9. The van der Waals surface area contributed by atoms with Crippen LogP contribution in [0.1, 0.15) is 37.9 Å². The molecule has 1 atom stereocenters. The minimum absolute atomic E-state index is 0.154. The summed E-state index contributed by atoms with van der Waals surface area (Å²) >= 11 is 8.18. The molecule has 1 N–H and O–H groups in total. The second kappa shape index (κ2) is 13.0. The van der Waals surface area contributed by atoms with Crippen LogP contribution < -0.4 is 29.1 Å². The Morgan fingerprint density at radius 2 is 1.83 bits per heavy atom. The lowest BCUT2D eigenvalue weighted by Gasteiger charge is -2.26. The number of aromatic nitrogens is 1. The van der Waals surface area contributed by atoms with Gasteiger partial charge in [0.15, 0.2) is 22.9 Å². The summed E-state index contributed by atoms with van der Waals surface area (Å²) in [4.78, 5) is 43.0. The van der Waals surface area contributed by atoms with Crippen LogP contribution in [0.2, 0.25) is 0 Å². The number of benzene rings is 2. The number of rotatable bonds is 10. The Balaban J connectivity index is 1.90. The third-order valence-corrected chi connectivity index (χ3v) is 8.29. The van der Waals surface area contributed by atoms with E-state index >= 15 is 0 Å². The predicted molar refractivity (Wildman–Crippen MR) is 160 cm³/mol. The maximum Gasteiger partial charge on any atom is 0.341 e. The van der Waals surface area contributed by atoms with Gasteiger partial charge in [-0.3, -0.25) is 9.36 Å². The topological polar surface area (TPSA) is 126 Å². The van der Waals surface area contributed by atoms with Crippen LogP contribution in [0, 0.1) is 0 Å². The number of thiazole rings is 1. The smallest absolute Gasteiger partial charge is 0.341 e. The van der Waals surface area contributed by atoms with E-state index in [2.05, 4.69) is 36.9 Å². The molecule has 10 nitrogen and oxygen atoms in total. The summed E-state index contributed by atoms with van der Waals surface area (Å²) in [6.07, 6.45) is 1.70. The first kappa shape index (κ1) is 30.5. The number of halogens is 2. The largest absolute Gasteiger partial charge is 0.493 e. The average Bonchev–Trinajstić information content (AvgIpc) is 3.22. The number of carbonyl (C=O) groups is 2. The lowest BCUT2D eigenvalue weighted by atomic mass is 9.95. The molecule has 216 valence electrons. The van der Waals surface area contributed by atoms with E-state index in [0.29, 0.717) is 59.0 Å². The van der Waals surface area contributed by atoms with E-state index in [1.165, 1.54) is 23.0 Å². The lowest BCUT2D eigenvalue weighted by molar-refractivity contribution is -0.140. The molecule has 13 heteroatoms. The number of carbonyl (C=O) groups excluding carboxylic acids is 1. The van der Waals surface area contributed by atoms with Gasteiger partial charge in [-0.2, -0.15) is 0 Å². The number of nitrogens with zero attached hydrogens (tertiary/aromatic N) is 2. The van der Waals surface area contributed by atoms with Crippen molar-refractivity contribution < 1.29 is 33.6 Å². The SMILES string of the molecule is CCOC(=O)C1=C(C)N=c2s/c(=C\c3ccc(OCC(=O)O)c(Br)c3)c(=O)n2[C@@H]1c1cc(OC)c(OCC)cc1Br. The molecule has 0 saturated heterocycles. The van der Waals surface area contributed by atoms with Gasteiger partial charge in [0.05, 0.1) is 46.6 Å². The standard InChI is InChI=1S/C28H26Br2N2O8S/c1-5-38-21-12-17(29)16(11-20(21)37-4)25-24(27(36)39-6-2)14(3)31-28-32(25)26(35)22(41-28)10-15-7-8-19(18(30)9-15)40-13-23(33)34/h7-12,25H,5-6,13H2,1-4H3,(H,33,34)/b22-10-/t25-/m1/s1. The molecule has 3 aromatic rings. The van der Waals surface area contributed by atoms with Crippen molar-refractivity contribution in [2.45, 2.75) is 26.8 Å². The molecule has 1 aromatic heterocycles. The van der Waals surface area contributed by atoms with Crippen LogP contribution in [0.25, 0.3) is 6.08 Å². The molecule has 0 fully saturated rings. The van der Waals surface area contributed by atoms with E-state index in [1.807, 2.05) is 6.92 Å². The number of esters is 1. The molecule has 1 aliphatic heterocycles. The molecular weight excluding hydrogens is 684 g/mol. The summed E-state index contributed by atoms with van der Waals surface area (Å²) in [5.74, 6) is -0.354. The molecule has 1 aliphatic rings. The van der Waals surface area contributed by atoms with Crippen molar-refractivity contribution in [2.24, 2.45) is 4.99 Å². The molecule has 41 heavy (non-hydrogen) atoms. The highest BCUT2D eigenvalue weighted by Gasteiger charge is 2.35. The molecule has 0 bridgehead atoms. The van der Waals surface area contributed by atoms with E-state index in [9.17, 15) is 14.4 Å². The van der Waals surface area contributed by atoms with Crippen LogP contribution in [-0.2, 0) is 14.3 Å². The van der Waals surface area contributed by atoms with Gasteiger partial charge < -0.3 is 24.1 Å². The number of aliphatic carboxylic acids is 1.